The van der Waals surface area contributed by atoms with Crippen molar-refractivity contribution in [1.29, 1.82) is 0 Å². The van der Waals surface area contributed by atoms with E-state index in [2.05, 4.69) is 211 Å². The summed E-state index contributed by atoms with van der Waals surface area (Å²) >= 11 is 0. The van der Waals surface area contributed by atoms with E-state index in [0.717, 1.165) is 28.8 Å². The van der Waals surface area contributed by atoms with E-state index in [1.165, 1.54) is 120 Å². The summed E-state index contributed by atoms with van der Waals surface area (Å²) in [7, 11) is 0. The van der Waals surface area contributed by atoms with Crippen molar-refractivity contribution in [3.63, 3.8) is 0 Å². The number of aryl methyl sites for hydroxylation is 6. The van der Waals surface area contributed by atoms with Crippen LogP contribution in [0.1, 0.15) is 76.6 Å². The van der Waals surface area contributed by atoms with Gasteiger partial charge in [0.2, 0.25) is 6.71 Å². The molecule has 8 aromatic carbocycles. The first-order chi connectivity index (χ1) is 32.5. The van der Waals surface area contributed by atoms with Gasteiger partial charge in [0.25, 0.3) is 0 Å². The van der Waals surface area contributed by atoms with Crippen LogP contribution in [0.2, 0.25) is 0 Å². The molecule has 1 spiro atoms. The van der Waals surface area contributed by atoms with Gasteiger partial charge in [0.1, 0.15) is 0 Å². The number of benzene rings is 8. The van der Waals surface area contributed by atoms with E-state index in [1.54, 1.807) is 11.1 Å². The SMILES string of the molecule is Cc1cc(C)c(B(c2cccc(-c3cccc(-c4ccc(C56CC7(c8ccc(-c9ccc%10ccc%11ccccc%11c%10c9)cc8)CC8CC5(C6)C8C7)cc4)n3)c2)c2c(C)cc(C)cc2C)c(C)c1. The van der Waals surface area contributed by atoms with Gasteiger partial charge in [-0.2, -0.15) is 0 Å². The van der Waals surface area contributed by atoms with Gasteiger partial charge in [-0.3, -0.25) is 0 Å². The van der Waals surface area contributed by atoms with Crippen molar-refractivity contribution in [2.24, 2.45) is 17.3 Å². The molecule has 1 heterocycles. The van der Waals surface area contributed by atoms with Crippen molar-refractivity contribution in [3.8, 4) is 33.6 Å². The van der Waals surface area contributed by atoms with Gasteiger partial charge >= 0.3 is 0 Å². The molecule has 326 valence electrons. The lowest BCUT2D eigenvalue weighted by atomic mass is 9.34. The zero-order valence-corrected chi connectivity index (χ0v) is 39.9. The van der Waals surface area contributed by atoms with Gasteiger partial charge in [-0.05, 0) is 164 Å². The molecule has 4 fully saturated rings. The first-order valence-corrected chi connectivity index (χ1v) is 24.9. The lowest BCUT2D eigenvalue weighted by Gasteiger charge is -2.49. The molecule has 9 aromatic rings. The highest BCUT2D eigenvalue weighted by Gasteiger charge is 2.83. The van der Waals surface area contributed by atoms with Gasteiger partial charge < -0.3 is 0 Å². The molecule has 5 atom stereocenters. The molecule has 2 bridgehead atoms. The minimum Gasteiger partial charge on any atom is -0.248 e. The van der Waals surface area contributed by atoms with Crippen LogP contribution in [0.15, 0.2) is 170 Å². The van der Waals surface area contributed by atoms with Crippen molar-refractivity contribution in [3.05, 3.63) is 214 Å². The lowest BCUT2D eigenvalue weighted by Crippen LogP contribution is -2.55. The van der Waals surface area contributed by atoms with Gasteiger partial charge in [0.15, 0.2) is 0 Å². The van der Waals surface area contributed by atoms with E-state index in [4.69, 9.17) is 4.98 Å². The molecule has 0 radical (unpaired) electrons. The third-order valence-electron chi connectivity index (χ3n) is 17.9. The molecule has 1 aromatic heterocycles. The third kappa shape index (κ3) is 6.17. The fraction of sp³-hybridized carbons (Fsp3) is 0.246. The fourth-order valence-electron chi connectivity index (χ4n) is 15.2. The summed E-state index contributed by atoms with van der Waals surface area (Å²) in [5.41, 5.74) is 23.4. The molecule has 1 nitrogen and oxygen atoms in total. The van der Waals surface area contributed by atoms with Crippen LogP contribution in [-0.2, 0) is 10.8 Å². The summed E-state index contributed by atoms with van der Waals surface area (Å²) in [5, 5.41) is 5.27. The van der Waals surface area contributed by atoms with Crippen molar-refractivity contribution in [2.45, 2.75) is 84.5 Å². The van der Waals surface area contributed by atoms with Crippen LogP contribution in [0.3, 0.4) is 0 Å². The number of aromatic nitrogens is 1. The average molecular weight is 864 g/mol. The Labute approximate surface area is 397 Å². The molecule has 0 saturated heterocycles. The second-order valence-corrected chi connectivity index (χ2v) is 21.8. The molecule has 5 unspecified atom stereocenters. The van der Waals surface area contributed by atoms with Crippen LogP contribution in [0.5, 0.6) is 0 Å². The summed E-state index contributed by atoms with van der Waals surface area (Å²) in [6.45, 7) is 13.7. The van der Waals surface area contributed by atoms with E-state index < -0.39 is 0 Å². The first kappa shape index (κ1) is 40.7. The van der Waals surface area contributed by atoms with Gasteiger partial charge in [0.05, 0.1) is 11.4 Å². The van der Waals surface area contributed by atoms with Gasteiger partial charge in [-0.1, -0.05) is 201 Å². The Balaban J connectivity index is 0.792. The minimum atomic E-state index is 0.123. The third-order valence-corrected chi connectivity index (χ3v) is 17.9. The Morgan fingerprint density at radius 3 is 1.73 bits per heavy atom. The number of hydrogen-bond acceptors (Lipinski definition) is 1. The van der Waals surface area contributed by atoms with Crippen molar-refractivity contribution < 1.29 is 0 Å². The van der Waals surface area contributed by atoms with Gasteiger partial charge in [-0.15, -0.1) is 0 Å². The predicted octanol–water partition coefficient (Wildman–Crippen LogP) is 14.2. The molecule has 67 heavy (non-hydrogen) atoms. The normalized spacial score (nSPS) is 23.3. The molecular weight excluding hydrogens is 806 g/mol. The van der Waals surface area contributed by atoms with Crippen LogP contribution in [0.25, 0.3) is 55.2 Å². The quantitative estimate of drug-likeness (QED) is 0.110. The Kier molecular flexibility index (Phi) is 8.97. The minimum absolute atomic E-state index is 0.123. The highest BCUT2D eigenvalue weighted by Crippen LogP contribution is 2.89. The molecule has 0 amide bonds. The highest BCUT2D eigenvalue weighted by molar-refractivity contribution is 6.96. The van der Waals surface area contributed by atoms with Crippen molar-refractivity contribution >= 4 is 44.6 Å². The molecule has 2 heteroatoms. The molecule has 4 aliphatic carbocycles. The van der Waals surface area contributed by atoms with E-state index in [-0.39, 0.29) is 17.5 Å². The maximum Gasteiger partial charge on any atom is 0.242 e. The maximum absolute atomic E-state index is 5.39. The first-order valence-electron chi connectivity index (χ1n) is 24.9. The Morgan fingerprint density at radius 1 is 0.448 bits per heavy atom. The van der Waals surface area contributed by atoms with Crippen molar-refractivity contribution in [1.82, 2.24) is 4.98 Å². The zero-order valence-electron chi connectivity index (χ0n) is 39.9. The number of fused-ring (bicyclic) bond motifs is 4. The zero-order chi connectivity index (χ0) is 45.4. The van der Waals surface area contributed by atoms with Crippen molar-refractivity contribution in [2.75, 3.05) is 0 Å². The standard InChI is InChI=1S/C65H58BN/c1-40-29-42(3)61(43(4)30-40)66(62-44(5)31-41(2)32-45(62)6)55-13-9-12-51(33-55)60-16-10-15-59(67-60)49-23-27-54(28-24-49)65-38-63(35-52-36-64(65,39-65)58(52)37-63)53-25-21-46(22-26-53)50-20-19-48-18-17-47-11-7-8-14-56(47)57(48)34-50/h7-34,52,58H,35-39H2,1-6H3. The van der Waals surface area contributed by atoms with E-state index in [0.29, 0.717) is 5.41 Å². The van der Waals surface area contributed by atoms with Crippen LogP contribution in [-0.4, -0.2) is 11.7 Å². The topological polar surface area (TPSA) is 12.9 Å². The maximum atomic E-state index is 5.39. The summed E-state index contributed by atoms with van der Waals surface area (Å²) < 4.78 is 0. The molecule has 4 aliphatic rings. The molecule has 0 N–H and O–H groups in total. The molecule has 4 saturated carbocycles. The van der Waals surface area contributed by atoms with Crippen LogP contribution < -0.4 is 16.4 Å². The second kappa shape index (κ2) is 14.7. The highest BCUT2D eigenvalue weighted by atomic mass is 14.9. The predicted molar refractivity (Wildman–Crippen MR) is 284 cm³/mol. The van der Waals surface area contributed by atoms with E-state index >= 15 is 0 Å². The summed E-state index contributed by atoms with van der Waals surface area (Å²) in [6, 6.07) is 65.0. The number of pyridine rings is 1. The second-order valence-electron chi connectivity index (χ2n) is 21.8. The van der Waals surface area contributed by atoms with Crippen LogP contribution in [0, 0.1) is 58.8 Å². The number of rotatable bonds is 8. The van der Waals surface area contributed by atoms with Gasteiger partial charge in [-0.25, -0.2) is 4.98 Å². The summed E-state index contributed by atoms with van der Waals surface area (Å²) in [6.07, 6.45) is 6.78. The largest absolute Gasteiger partial charge is 0.248 e. The Hall–Kier alpha value is -6.51. The Morgan fingerprint density at radius 2 is 1.03 bits per heavy atom. The fourth-order valence-corrected chi connectivity index (χ4v) is 15.2. The number of nitrogens with zero attached hydrogens (tertiary/aromatic N) is 1. The lowest BCUT2D eigenvalue weighted by molar-refractivity contribution is 0.0415. The monoisotopic (exact) mass is 863 g/mol. The number of hydrogen-bond donors (Lipinski definition) is 0. The van der Waals surface area contributed by atoms with E-state index in [1.807, 2.05) is 0 Å². The van der Waals surface area contributed by atoms with Crippen LogP contribution in [0.4, 0.5) is 0 Å². The molecule has 13 rings (SSSR count). The average Bonchev–Trinajstić information content (AvgIpc) is 3.98. The Bertz CT molecular complexity index is 3390. The molecule has 0 aliphatic heterocycles. The summed E-state index contributed by atoms with van der Waals surface area (Å²) in [5.74, 6) is 1.74. The van der Waals surface area contributed by atoms with Crippen LogP contribution >= 0.6 is 0 Å². The summed E-state index contributed by atoms with van der Waals surface area (Å²) in [4.78, 5) is 5.39. The van der Waals surface area contributed by atoms with Gasteiger partial charge in [0, 0.05) is 11.0 Å². The van der Waals surface area contributed by atoms with E-state index in [9.17, 15) is 0 Å². The molecular formula is C65H58BN. The smallest absolute Gasteiger partial charge is 0.242 e.